The zero-order valence-electron chi connectivity index (χ0n) is 13.4. The van der Waals surface area contributed by atoms with Crippen molar-refractivity contribution in [2.45, 2.75) is 49.5 Å². The molecule has 4 nitrogen and oxygen atoms in total. The van der Waals surface area contributed by atoms with E-state index in [1.807, 2.05) is 12.1 Å². The second-order valence-electron chi connectivity index (χ2n) is 6.24. The van der Waals surface area contributed by atoms with Crippen LogP contribution >= 0.6 is 0 Å². The summed E-state index contributed by atoms with van der Waals surface area (Å²) in [7, 11) is -1.91. The molecule has 0 amide bonds. The molecule has 3 rings (SSSR count). The van der Waals surface area contributed by atoms with E-state index in [-0.39, 0.29) is 6.54 Å². The third-order valence-corrected chi connectivity index (χ3v) is 6.44. The molecule has 2 aromatic rings. The van der Waals surface area contributed by atoms with Crippen molar-refractivity contribution in [1.29, 1.82) is 0 Å². The minimum absolute atomic E-state index is 0.236. The molecule has 0 saturated heterocycles. The van der Waals surface area contributed by atoms with Crippen LogP contribution in [0.15, 0.2) is 52.0 Å². The molecule has 0 N–H and O–H groups in total. The second-order valence-corrected chi connectivity index (χ2v) is 8.29. The van der Waals surface area contributed by atoms with Crippen LogP contribution in [0.1, 0.15) is 49.3 Å². The van der Waals surface area contributed by atoms with Crippen LogP contribution in [0.3, 0.4) is 0 Å². The molecule has 0 spiro atoms. The first-order valence-electron chi connectivity index (χ1n) is 8.16. The predicted molar refractivity (Wildman–Crippen MR) is 89.6 cm³/mol. The highest BCUT2D eigenvalue weighted by Crippen LogP contribution is 2.33. The van der Waals surface area contributed by atoms with E-state index in [0.29, 0.717) is 16.6 Å². The molecule has 1 aliphatic carbocycles. The molecule has 5 heteroatoms. The van der Waals surface area contributed by atoms with E-state index in [2.05, 4.69) is 0 Å². The molecule has 1 aromatic carbocycles. The summed E-state index contributed by atoms with van der Waals surface area (Å²) in [6.07, 6.45) is 7.84. The largest absolute Gasteiger partial charge is 0.468 e. The summed E-state index contributed by atoms with van der Waals surface area (Å²) in [6, 6.07) is 11.0. The van der Waals surface area contributed by atoms with E-state index >= 15 is 0 Å². The molecule has 0 aliphatic heterocycles. The average Bonchev–Trinajstić information content (AvgIpc) is 3.09. The first-order valence-corrected chi connectivity index (χ1v) is 9.60. The van der Waals surface area contributed by atoms with Gasteiger partial charge in [-0.1, -0.05) is 31.4 Å². The Morgan fingerprint density at radius 1 is 1.09 bits per heavy atom. The molecule has 0 unspecified atom stereocenters. The van der Waals surface area contributed by atoms with Gasteiger partial charge in [-0.25, -0.2) is 8.42 Å². The van der Waals surface area contributed by atoms with Crippen molar-refractivity contribution >= 4 is 10.0 Å². The van der Waals surface area contributed by atoms with Gasteiger partial charge in [0.1, 0.15) is 5.76 Å². The lowest BCUT2D eigenvalue weighted by molar-refractivity contribution is 0.406. The van der Waals surface area contributed by atoms with Crippen molar-refractivity contribution in [2.24, 2.45) is 0 Å². The van der Waals surface area contributed by atoms with E-state index < -0.39 is 10.0 Å². The molecular formula is C18H23NO3S. The lowest BCUT2D eigenvalue weighted by Crippen LogP contribution is -2.26. The lowest BCUT2D eigenvalue weighted by atomic mass is 9.84. The molecule has 1 aliphatic rings. The molecule has 124 valence electrons. The van der Waals surface area contributed by atoms with Crippen molar-refractivity contribution in [3.63, 3.8) is 0 Å². The Balaban J connectivity index is 1.74. The maximum Gasteiger partial charge on any atom is 0.243 e. The summed E-state index contributed by atoms with van der Waals surface area (Å²) in [5, 5.41) is 0. The zero-order valence-corrected chi connectivity index (χ0v) is 14.3. The fourth-order valence-electron chi connectivity index (χ4n) is 3.23. The van der Waals surface area contributed by atoms with Gasteiger partial charge >= 0.3 is 0 Å². The summed E-state index contributed by atoms with van der Waals surface area (Å²) >= 11 is 0. The maximum atomic E-state index is 12.6. The fourth-order valence-corrected chi connectivity index (χ4v) is 4.37. The van der Waals surface area contributed by atoms with Crippen LogP contribution in [0.4, 0.5) is 0 Å². The number of hydrogen-bond acceptors (Lipinski definition) is 3. The van der Waals surface area contributed by atoms with Crippen molar-refractivity contribution in [3.05, 3.63) is 54.0 Å². The van der Waals surface area contributed by atoms with E-state index in [4.69, 9.17) is 4.42 Å². The summed E-state index contributed by atoms with van der Waals surface area (Å²) in [6.45, 7) is 0.236. The Hall–Kier alpha value is -1.59. The molecular weight excluding hydrogens is 310 g/mol. The van der Waals surface area contributed by atoms with Gasteiger partial charge in [0.05, 0.1) is 17.7 Å². The molecule has 0 bridgehead atoms. The lowest BCUT2D eigenvalue weighted by Gasteiger charge is -2.22. The normalized spacial score (nSPS) is 16.8. The Morgan fingerprint density at radius 2 is 1.78 bits per heavy atom. The van der Waals surface area contributed by atoms with Gasteiger partial charge in [-0.3, -0.25) is 0 Å². The second kappa shape index (κ2) is 6.89. The number of nitrogens with zero attached hydrogens (tertiary/aromatic N) is 1. The summed E-state index contributed by atoms with van der Waals surface area (Å²) in [5.41, 5.74) is 1.26. The molecule has 1 aromatic heterocycles. The monoisotopic (exact) mass is 333 g/mol. The number of rotatable bonds is 5. The van der Waals surface area contributed by atoms with Crippen molar-refractivity contribution in [1.82, 2.24) is 4.31 Å². The van der Waals surface area contributed by atoms with E-state index in [1.165, 1.54) is 42.0 Å². The van der Waals surface area contributed by atoms with E-state index in [0.717, 1.165) is 0 Å². The standard InChI is InChI=1S/C18H23NO3S/c1-19(14-17-8-5-13-22-17)23(20,21)18-11-9-16(10-12-18)15-6-3-2-4-7-15/h5,8-13,15H,2-4,6-7,14H2,1H3. The SMILES string of the molecule is CN(Cc1ccco1)S(=O)(=O)c1ccc(C2CCCCC2)cc1. The Morgan fingerprint density at radius 3 is 2.39 bits per heavy atom. The molecule has 23 heavy (non-hydrogen) atoms. The third kappa shape index (κ3) is 3.67. The average molecular weight is 333 g/mol. The van der Waals surface area contributed by atoms with Crippen LogP contribution in [-0.4, -0.2) is 19.8 Å². The number of furan rings is 1. The van der Waals surface area contributed by atoms with Gasteiger partial charge < -0.3 is 4.42 Å². The van der Waals surface area contributed by atoms with Crippen LogP contribution in [0.25, 0.3) is 0 Å². The molecule has 1 saturated carbocycles. The summed E-state index contributed by atoms with van der Waals surface area (Å²) < 4.78 is 31.8. The van der Waals surface area contributed by atoms with Crippen molar-refractivity contribution in [2.75, 3.05) is 7.05 Å². The van der Waals surface area contributed by atoms with Crippen LogP contribution in [0.5, 0.6) is 0 Å². The van der Waals surface area contributed by atoms with E-state index in [9.17, 15) is 8.42 Å². The van der Waals surface area contributed by atoms with Gasteiger partial charge in [-0.15, -0.1) is 0 Å². The van der Waals surface area contributed by atoms with Crippen LogP contribution in [-0.2, 0) is 16.6 Å². The van der Waals surface area contributed by atoms with E-state index in [1.54, 1.807) is 37.6 Å². The first-order chi connectivity index (χ1) is 11.1. The minimum Gasteiger partial charge on any atom is -0.468 e. The van der Waals surface area contributed by atoms with Crippen LogP contribution in [0, 0.1) is 0 Å². The summed E-state index contributed by atoms with van der Waals surface area (Å²) in [4.78, 5) is 0.339. The molecule has 0 atom stereocenters. The predicted octanol–water partition coefficient (Wildman–Crippen LogP) is 4.15. The highest BCUT2D eigenvalue weighted by atomic mass is 32.2. The molecule has 0 radical (unpaired) electrons. The quantitative estimate of drug-likeness (QED) is 0.826. The smallest absolute Gasteiger partial charge is 0.243 e. The Kier molecular flexibility index (Phi) is 4.87. The van der Waals surface area contributed by atoms with Gasteiger partial charge in [0.2, 0.25) is 10.0 Å². The number of hydrogen-bond donors (Lipinski definition) is 0. The van der Waals surface area contributed by atoms with Crippen LogP contribution in [0.2, 0.25) is 0 Å². The van der Waals surface area contributed by atoms with Gasteiger partial charge in [0, 0.05) is 7.05 Å². The van der Waals surface area contributed by atoms with Crippen LogP contribution < -0.4 is 0 Å². The minimum atomic E-state index is -3.49. The Bertz CT molecular complexity index is 714. The topological polar surface area (TPSA) is 50.5 Å². The molecule has 1 heterocycles. The highest BCUT2D eigenvalue weighted by molar-refractivity contribution is 7.89. The molecule has 1 fully saturated rings. The zero-order chi connectivity index (χ0) is 16.3. The van der Waals surface area contributed by atoms with Gasteiger partial charge in [0.15, 0.2) is 0 Å². The van der Waals surface area contributed by atoms with Gasteiger partial charge in [-0.05, 0) is 48.6 Å². The maximum absolute atomic E-state index is 12.6. The van der Waals surface area contributed by atoms with Gasteiger partial charge in [0.25, 0.3) is 0 Å². The first kappa shape index (κ1) is 16.3. The van der Waals surface area contributed by atoms with Crippen molar-refractivity contribution < 1.29 is 12.8 Å². The number of benzene rings is 1. The highest BCUT2D eigenvalue weighted by Gasteiger charge is 2.22. The fraction of sp³-hybridized carbons (Fsp3) is 0.444. The van der Waals surface area contributed by atoms with Crippen molar-refractivity contribution in [3.8, 4) is 0 Å². The summed E-state index contributed by atoms with van der Waals surface area (Å²) in [5.74, 6) is 1.22. The Labute approximate surface area is 138 Å². The van der Waals surface area contributed by atoms with Gasteiger partial charge in [-0.2, -0.15) is 4.31 Å². The number of sulfonamides is 1. The third-order valence-electron chi connectivity index (χ3n) is 4.62.